The molecule has 0 spiro atoms. The zero-order chi connectivity index (χ0) is 18.9. The quantitative estimate of drug-likeness (QED) is 0.395. The topological polar surface area (TPSA) is 52.1 Å². The van der Waals surface area contributed by atoms with E-state index in [2.05, 4.69) is 44.5 Å². The first-order valence-corrected chi connectivity index (χ1v) is 10.4. The van der Waals surface area contributed by atoms with E-state index in [-0.39, 0.29) is 0 Å². The van der Waals surface area contributed by atoms with Gasteiger partial charge in [-0.25, -0.2) is 0 Å². The lowest BCUT2D eigenvalue weighted by Crippen LogP contribution is -2.47. The number of piperazine rings is 1. The van der Waals surface area contributed by atoms with Crippen LogP contribution in [0.5, 0.6) is 5.75 Å². The van der Waals surface area contributed by atoms with Gasteiger partial charge in [0.15, 0.2) is 5.96 Å². The SMILES string of the molecule is CCNC(=NCC1CC1)NCCCN1CCN(c2ccc(OC)cc2)CC1. The Balaban J connectivity index is 1.32. The third-order valence-corrected chi connectivity index (χ3v) is 5.30. The predicted molar refractivity (Wildman–Crippen MR) is 113 cm³/mol. The van der Waals surface area contributed by atoms with Crippen LogP contribution < -0.4 is 20.3 Å². The second-order valence-corrected chi connectivity index (χ2v) is 7.47. The number of ether oxygens (including phenoxy) is 1. The Kier molecular flexibility index (Phi) is 7.63. The van der Waals surface area contributed by atoms with Crippen molar-refractivity contribution < 1.29 is 4.74 Å². The molecule has 0 amide bonds. The van der Waals surface area contributed by atoms with Gasteiger partial charge in [-0.2, -0.15) is 0 Å². The number of methoxy groups -OCH3 is 1. The Hall–Kier alpha value is -1.95. The fourth-order valence-electron chi connectivity index (χ4n) is 3.39. The number of nitrogens with one attached hydrogen (secondary N) is 2. The van der Waals surface area contributed by atoms with Crippen molar-refractivity contribution in [1.29, 1.82) is 0 Å². The second kappa shape index (κ2) is 10.4. The van der Waals surface area contributed by atoms with Crippen LogP contribution in [0.4, 0.5) is 5.69 Å². The van der Waals surface area contributed by atoms with E-state index in [1.165, 1.54) is 18.5 Å². The van der Waals surface area contributed by atoms with Crippen molar-refractivity contribution in [2.24, 2.45) is 10.9 Å². The minimum Gasteiger partial charge on any atom is -0.497 e. The van der Waals surface area contributed by atoms with Crippen molar-refractivity contribution in [2.75, 3.05) is 64.4 Å². The van der Waals surface area contributed by atoms with Gasteiger partial charge in [0.05, 0.1) is 7.11 Å². The van der Waals surface area contributed by atoms with E-state index in [0.29, 0.717) is 0 Å². The molecule has 0 radical (unpaired) electrons. The summed E-state index contributed by atoms with van der Waals surface area (Å²) in [6, 6.07) is 8.39. The molecule has 2 fully saturated rings. The maximum absolute atomic E-state index is 5.24. The van der Waals surface area contributed by atoms with Crippen molar-refractivity contribution in [2.45, 2.75) is 26.2 Å². The minimum atomic E-state index is 0.836. The van der Waals surface area contributed by atoms with E-state index in [9.17, 15) is 0 Å². The number of hydrogen-bond donors (Lipinski definition) is 2. The van der Waals surface area contributed by atoms with Crippen molar-refractivity contribution in [3.05, 3.63) is 24.3 Å². The maximum atomic E-state index is 5.24. The Morgan fingerprint density at radius 3 is 2.48 bits per heavy atom. The lowest BCUT2D eigenvalue weighted by Gasteiger charge is -2.36. The number of hydrogen-bond acceptors (Lipinski definition) is 4. The van der Waals surface area contributed by atoms with Crippen LogP contribution >= 0.6 is 0 Å². The standard InChI is InChI=1S/C21H35N5O/c1-3-22-21(24-17-18-5-6-18)23-11-4-12-25-13-15-26(16-14-25)19-7-9-20(27-2)10-8-19/h7-10,18H,3-6,11-17H2,1-2H3,(H2,22,23,24). The molecule has 1 saturated heterocycles. The van der Waals surface area contributed by atoms with Gasteiger partial charge in [0.1, 0.15) is 5.75 Å². The average Bonchev–Trinajstić information content (AvgIpc) is 3.54. The molecule has 27 heavy (non-hydrogen) atoms. The van der Waals surface area contributed by atoms with E-state index in [4.69, 9.17) is 4.74 Å². The number of benzene rings is 1. The fourth-order valence-corrected chi connectivity index (χ4v) is 3.39. The van der Waals surface area contributed by atoms with Gasteiger partial charge in [0.2, 0.25) is 0 Å². The Morgan fingerprint density at radius 2 is 1.85 bits per heavy atom. The molecule has 2 aliphatic rings. The van der Waals surface area contributed by atoms with E-state index in [0.717, 1.165) is 76.4 Å². The largest absolute Gasteiger partial charge is 0.497 e. The Labute approximate surface area is 164 Å². The Morgan fingerprint density at radius 1 is 1.11 bits per heavy atom. The van der Waals surface area contributed by atoms with E-state index in [1.54, 1.807) is 7.11 Å². The Bertz CT molecular complexity index is 577. The highest BCUT2D eigenvalue weighted by atomic mass is 16.5. The number of guanidine groups is 1. The molecular weight excluding hydrogens is 338 g/mol. The molecule has 0 aromatic heterocycles. The monoisotopic (exact) mass is 373 g/mol. The van der Waals surface area contributed by atoms with E-state index in [1.807, 2.05) is 12.1 Å². The molecule has 1 aromatic rings. The van der Waals surface area contributed by atoms with E-state index < -0.39 is 0 Å². The highest BCUT2D eigenvalue weighted by Crippen LogP contribution is 2.28. The molecule has 150 valence electrons. The molecular formula is C21H35N5O. The van der Waals surface area contributed by atoms with Crippen molar-refractivity contribution >= 4 is 11.6 Å². The van der Waals surface area contributed by atoms with Crippen LogP contribution in [-0.2, 0) is 0 Å². The van der Waals surface area contributed by atoms with E-state index >= 15 is 0 Å². The molecule has 0 unspecified atom stereocenters. The first-order chi connectivity index (χ1) is 13.3. The molecule has 0 atom stereocenters. The molecule has 1 aliphatic carbocycles. The summed E-state index contributed by atoms with van der Waals surface area (Å²) in [6.45, 7) is 10.6. The van der Waals surface area contributed by atoms with Crippen LogP contribution in [0.3, 0.4) is 0 Å². The number of anilines is 1. The van der Waals surface area contributed by atoms with Gasteiger partial charge in [-0.05, 0) is 62.9 Å². The highest BCUT2D eigenvalue weighted by molar-refractivity contribution is 5.79. The van der Waals surface area contributed by atoms with Crippen LogP contribution in [0, 0.1) is 5.92 Å². The summed E-state index contributed by atoms with van der Waals surface area (Å²) in [5.74, 6) is 2.73. The molecule has 1 aliphatic heterocycles. The summed E-state index contributed by atoms with van der Waals surface area (Å²) in [7, 11) is 1.71. The third-order valence-electron chi connectivity index (χ3n) is 5.30. The first-order valence-electron chi connectivity index (χ1n) is 10.4. The van der Waals surface area contributed by atoms with Gasteiger partial charge >= 0.3 is 0 Å². The van der Waals surface area contributed by atoms with Crippen molar-refractivity contribution in [3.63, 3.8) is 0 Å². The van der Waals surface area contributed by atoms with Crippen molar-refractivity contribution in [3.8, 4) is 5.75 Å². The first kappa shape index (κ1) is 19.8. The summed E-state index contributed by atoms with van der Waals surface area (Å²) in [5, 5.41) is 6.82. The summed E-state index contributed by atoms with van der Waals surface area (Å²) in [5.41, 5.74) is 1.29. The minimum absolute atomic E-state index is 0.836. The van der Waals surface area contributed by atoms with Crippen LogP contribution in [-0.4, -0.2) is 70.3 Å². The molecule has 1 saturated carbocycles. The van der Waals surface area contributed by atoms with Gasteiger partial charge in [-0.1, -0.05) is 0 Å². The fraction of sp³-hybridized carbons (Fsp3) is 0.667. The van der Waals surface area contributed by atoms with Gasteiger partial charge in [-0.3, -0.25) is 9.89 Å². The summed E-state index contributed by atoms with van der Waals surface area (Å²) < 4.78 is 5.24. The molecule has 1 heterocycles. The van der Waals surface area contributed by atoms with Gasteiger partial charge in [0.25, 0.3) is 0 Å². The third kappa shape index (κ3) is 6.61. The molecule has 6 heteroatoms. The number of nitrogens with zero attached hydrogens (tertiary/aromatic N) is 3. The highest BCUT2D eigenvalue weighted by Gasteiger charge is 2.20. The lowest BCUT2D eigenvalue weighted by atomic mass is 10.2. The summed E-state index contributed by atoms with van der Waals surface area (Å²) >= 11 is 0. The van der Waals surface area contributed by atoms with Gasteiger partial charge in [0, 0.05) is 51.5 Å². The van der Waals surface area contributed by atoms with Crippen LogP contribution in [0.1, 0.15) is 26.2 Å². The van der Waals surface area contributed by atoms with Gasteiger partial charge in [-0.15, -0.1) is 0 Å². The molecule has 1 aromatic carbocycles. The smallest absolute Gasteiger partial charge is 0.191 e. The summed E-state index contributed by atoms with van der Waals surface area (Å²) in [6.07, 6.45) is 3.85. The summed E-state index contributed by atoms with van der Waals surface area (Å²) in [4.78, 5) is 9.71. The average molecular weight is 374 g/mol. The molecule has 0 bridgehead atoms. The number of aliphatic imine (C=N–C) groups is 1. The van der Waals surface area contributed by atoms with Crippen LogP contribution in [0.2, 0.25) is 0 Å². The second-order valence-electron chi connectivity index (χ2n) is 7.47. The zero-order valence-corrected chi connectivity index (χ0v) is 16.9. The molecule has 2 N–H and O–H groups in total. The number of rotatable bonds is 9. The molecule has 3 rings (SSSR count). The van der Waals surface area contributed by atoms with Crippen LogP contribution in [0.25, 0.3) is 0 Å². The zero-order valence-electron chi connectivity index (χ0n) is 16.9. The van der Waals surface area contributed by atoms with Gasteiger partial charge < -0.3 is 20.3 Å². The normalized spacial score (nSPS) is 18.4. The predicted octanol–water partition coefficient (Wildman–Crippen LogP) is 2.17. The molecule has 6 nitrogen and oxygen atoms in total. The van der Waals surface area contributed by atoms with Crippen molar-refractivity contribution in [1.82, 2.24) is 15.5 Å². The van der Waals surface area contributed by atoms with Crippen LogP contribution in [0.15, 0.2) is 29.3 Å². The lowest BCUT2D eigenvalue weighted by molar-refractivity contribution is 0.255. The maximum Gasteiger partial charge on any atom is 0.191 e.